The highest BCUT2D eigenvalue weighted by molar-refractivity contribution is 6.30. The molecule has 5 amide bonds. The number of carboxylic acid groups (broad SMARTS) is 1. The predicted octanol–water partition coefficient (Wildman–Crippen LogP) is 0.888. The van der Waals surface area contributed by atoms with E-state index in [4.69, 9.17) is 11.6 Å². The molecule has 0 saturated carbocycles. The van der Waals surface area contributed by atoms with E-state index >= 15 is 0 Å². The lowest BCUT2D eigenvalue weighted by molar-refractivity contribution is -0.144. The zero-order chi connectivity index (χ0) is 33.2. The van der Waals surface area contributed by atoms with E-state index in [2.05, 4.69) is 36.2 Å². The van der Waals surface area contributed by atoms with Gasteiger partial charge < -0.3 is 31.3 Å². The van der Waals surface area contributed by atoms with Crippen LogP contribution in [0.3, 0.4) is 0 Å². The van der Waals surface area contributed by atoms with Gasteiger partial charge in [0.25, 0.3) is 5.91 Å². The summed E-state index contributed by atoms with van der Waals surface area (Å²) in [6.07, 6.45) is 2.27. The molecule has 4 rings (SSSR count). The Labute approximate surface area is 270 Å². The number of nitrogens with zero attached hydrogens (tertiary/aromatic N) is 3. The molecular formula is C30H38ClN7O8. The Hall–Kier alpha value is -4.53. The first-order chi connectivity index (χ1) is 22.0. The molecular weight excluding hydrogens is 622 g/mol. The minimum Gasteiger partial charge on any atom is -0.480 e. The van der Waals surface area contributed by atoms with E-state index in [-0.39, 0.29) is 68.4 Å². The molecule has 2 aromatic rings. The van der Waals surface area contributed by atoms with Gasteiger partial charge in [-0.15, -0.1) is 0 Å². The van der Waals surface area contributed by atoms with Gasteiger partial charge in [-0.1, -0.05) is 28.9 Å². The van der Waals surface area contributed by atoms with Crippen molar-refractivity contribution >= 4 is 47.1 Å². The summed E-state index contributed by atoms with van der Waals surface area (Å²) in [7, 11) is 0. The van der Waals surface area contributed by atoms with Gasteiger partial charge in [0.1, 0.15) is 23.8 Å². The molecule has 16 heteroatoms. The van der Waals surface area contributed by atoms with E-state index < -0.39 is 47.9 Å². The van der Waals surface area contributed by atoms with E-state index in [1.165, 1.54) is 11.8 Å². The molecule has 4 atom stereocenters. The Kier molecular flexibility index (Phi) is 12.1. The van der Waals surface area contributed by atoms with E-state index in [0.717, 1.165) is 5.56 Å². The number of amides is 5. The van der Waals surface area contributed by atoms with Crippen LogP contribution in [0.5, 0.6) is 0 Å². The maximum absolute atomic E-state index is 14.0. The smallest absolute Gasteiger partial charge is 0.326 e. The van der Waals surface area contributed by atoms with Crippen LogP contribution in [-0.2, 0) is 30.4 Å². The summed E-state index contributed by atoms with van der Waals surface area (Å²) in [5.74, 6) is -3.96. The summed E-state index contributed by atoms with van der Waals surface area (Å²) in [6, 6.07) is 3.13. The lowest BCUT2D eigenvalue weighted by Crippen LogP contribution is -2.55. The van der Waals surface area contributed by atoms with Gasteiger partial charge in [0.05, 0.1) is 0 Å². The maximum Gasteiger partial charge on any atom is 0.326 e. The number of rotatable bonds is 8. The summed E-state index contributed by atoms with van der Waals surface area (Å²) in [6.45, 7) is 1.77. The Morgan fingerprint density at radius 2 is 1.85 bits per heavy atom. The van der Waals surface area contributed by atoms with Gasteiger partial charge in [-0.2, -0.15) is 0 Å². The number of hydrogen-bond donors (Lipinski definition) is 5. The Morgan fingerprint density at radius 3 is 2.54 bits per heavy atom. The van der Waals surface area contributed by atoms with Crippen LogP contribution in [0.4, 0.5) is 0 Å². The fraction of sp³-hybridized carbons (Fsp3) is 0.533. The predicted molar refractivity (Wildman–Crippen MR) is 162 cm³/mol. The van der Waals surface area contributed by atoms with Gasteiger partial charge in [-0.05, 0) is 74.7 Å². The summed E-state index contributed by atoms with van der Waals surface area (Å²) in [4.78, 5) is 78.9. The van der Waals surface area contributed by atoms with E-state index in [9.17, 15) is 33.9 Å². The molecule has 46 heavy (non-hydrogen) atoms. The molecule has 1 aromatic carbocycles. The number of benzene rings is 1. The van der Waals surface area contributed by atoms with Crippen molar-refractivity contribution in [2.24, 2.45) is 0 Å². The van der Waals surface area contributed by atoms with E-state index in [0.29, 0.717) is 30.7 Å². The molecule has 3 heterocycles. The molecule has 2 aliphatic rings. The monoisotopic (exact) mass is 659 g/mol. The Bertz CT molecular complexity index is 1430. The topological polar surface area (TPSA) is 213 Å². The standard InChI is InChI=1S/C30H38ClN7O8/c1-17-26(37-46-36-17)28(42)34-21-6-2-3-14-32-24(39)13-12-22(30(44)45)35-27(41)23-15-20(16-38(23)29(21)43)33-25(40)7-4-5-18-8-10-19(31)11-9-18/h8-11,20-23H,2-7,12-16H2,1H3,(H,32,39)(H,33,40)(H,34,42)(H,35,41)(H,44,45)/t20-,21+,22+,23+/m1/s1. The molecule has 1 aromatic heterocycles. The van der Waals surface area contributed by atoms with Gasteiger partial charge in [0, 0.05) is 37.0 Å². The zero-order valence-corrected chi connectivity index (χ0v) is 26.2. The first-order valence-electron chi connectivity index (χ1n) is 15.3. The number of fused-ring (bicyclic) bond motifs is 1. The lowest BCUT2D eigenvalue weighted by Gasteiger charge is -2.29. The average Bonchev–Trinajstić information content (AvgIpc) is 3.64. The lowest BCUT2D eigenvalue weighted by atomic mass is 10.1. The number of carboxylic acids is 1. The van der Waals surface area contributed by atoms with Gasteiger partial charge >= 0.3 is 5.97 Å². The van der Waals surface area contributed by atoms with Crippen molar-refractivity contribution in [1.29, 1.82) is 0 Å². The first kappa shape index (κ1) is 34.3. The molecule has 0 spiro atoms. The third-order valence-corrected chi connectivity index (χ3v) is 8.27. The second-order valence-electron chi connectivity index (χ2n) is 11.5. The molecule has 5 N–H and O–H groups in total. The van der Waals surface area contributed by atoms with Crippen molar-refractivity contribution in [3.05, 3.63) is 46.2 Å². The number of nitrogens with one attached hydrogen (secondary N) is 4. The van der Waals surface area contributed by atoms with Gasteiger partial charge in [-0.25, -0.2) is 9.42 Å². The highest BCUT2D eigenvalue weighted by atomic mass is 35.5. The second kappa shape index (κ2) is 16.2. The average molecular weight is 660 g/mol. The number of aromatic nitrogens is 2. The molecule has 2 fully saturated rings. The minimum absolute atomic E-state index is 0.0281. The van der Waals surface area contributed by atoms with Crippen LogP contribution >= 0.6 is 11.6 Å². The molecule has 0 unspecified atom stereocenters. The van der Waals surface area contributed by atoms with Crippen LogP contribution in [0.2, 0.25) is 5.02 Å². The highest BCUT2D eigenvalue weighted by Crippen LogP contribution is 2.22. The molecule has 0 bridgehead atoms. The van der Waals surface area contributed by atoms with Crippen LogP contribution in [0.15, 0.2) is 28.9 Å². The largest absolute Gasteiger partial charge is 0.480 e. The molecule has 2 saturated heterocycles. The van der Waals surface area contributed by atoms with Crippen molar-refractivity contribution in [3.8, 4) is 0 Å². The van der Waals surface area contributed by atoms with Crippen molar-refractivity contribution in [1.82, 2.24) is 36.5 Å². The van der Waals surface area contributed by atoms with Gasteiger partial charge in [0.2, 0.25) is 23.6 Å². The van der Waals surface area contributed by atoms with Gasteiger partial charge in [0.15, 0.2) is 5.69 Å². The van der Waals surface area contributed by atoms with Crippen LogP contribution in [0.25, 0.3) is 0 Å². The third-order valence-electron chi connectivity index (χ3n) is 8.02. The molecule has 15 nitrogen and oxygen atoms in total. The van der Waals surface area contributed by atoms with Crippen LogP contribution in [0.1, 0.15) is 73.1 Å². The highest BCUT2D eigenvalue weighted by Gasteiger charge is 2.43. The molecule has 248 valence electrons. The normalized spacial score (nSPS) is 22.9. The summed E-state index contributed by atoms with van der Waals surface area (Å²) < 4.78 is 4.62. The molecule has 0 radical (unpaired) electrons. The number of carbonyl (C=O) groups is 6. The number of aliphatic carboxylic acids is 1. The fourth-order valence-electron chi connectivity index (χ4n) is 5.55. The van der Waals surface area contributed by atoms with Crippen LogP contribution < -0.4 is 21.3 Å². The van der Waals surface area contributed by atoms with Crippen LogP contribution in [-0.4, -0.2) is 93.1 Å². The van der Waals surface area contributed by atoms with Crippen molar-refractivity contribution in [3.63, 3.8) is 0 Å². The Balaban J connectivity index is 1.51. The maximum atomic E-state index is 14.0. The van der Waals surface area contributed by atoms with Crippen molar-refractivity contribution < 1.29 is 38.5 Å². The van der Waals surface area contributed by atoms with Gasteiger partial charge in [-0.3, -0.25) is 24.0 Å². The third kappa shape index (κ3) is 9.49. The number of halogens is 1. The summed E-state index contributed by atoms with van der Waals surface area (Å²) in [5, 5.41) is 28.3. The van der Waals surface area contributed by atoms with Crippen LogP contribution in [0, 0.1) is 6.92 Å². The second-order valence-corrected chi connectivity index (χ2v) is 11.9. The Morgan fingerprint density at radius 1 is 1.09 bits per heavy atom. The fourth-order valence-corrected chi connectivity index (χ4v) is 5.67. The van der Waals surface area contributed by atoms with Crippen molar-refractivity contribution in [2.45, 2.75) is 88.9 Å². The minimum atomic E-state index is -1.38. The molecule has 2 aliphatic heterocycles. The van der Waals surface area contributed by atoms with Crippen molar-refractivity contribution in [2.75, 3.05) is 13.1 Å². The van der Waals surface area contributed by atoms with E-state index in [1.807, 2.05) is 12.1 Å². The zero-order valence-electron chi connectivity index (χ0n) is 25.4. The molecule has 0 aliphatic carbocycles. The quantitative estimate of drug-likeness (QED) is 0.270. The first-order valence-corrected chi connectivity index (χ1v) is 15.6. The SMILES string of the molecule is Cc1nonc1C(=O)N[C@H]1CCCCNC(=O)CC[C@@H](C(=O)O)NC(=O)[C@@H]2C[C@@H](NC(=O)CCCc3ccc(Cl)cc3)CN2C1=O. The van der Waals surface area contributed by atoms with E-state index in [1.54, 1.807) is 12.1 Å². The summed E-state index contributed by atoms with van der Waals surface area (Å²) >= 11 is 5.94. The number of carbonyl (C=O) groups excluding carboxylic acids is 5. The number of hydrogen-bond acceptors (Lipinski definition) is 9. The number of aryl methyl sites for hydroxylation is 2. The summed E-state index contributed by atoms with van der Waals surface area (Å²) in [5.41, 5.74) is 1.16.